The minimum Gasteiger partial charge on any atom is -0.462 e. The fourth-order valence-electron chi connectivity index (χ4n) is 8.57. The SMILES string of the molecule is CCCCCCCCCCCCCCC(=O)O[C@H](COC(=O)CCCCC)COP(=O)(O)OC[C@H](O)COP(=O)(O)OC[C@@H](COC(=O)CCCCCCCCCCCC)OC(=O)CCCCCCCCCCCCCC. The first-order valence-electron chi connectivity index (χ1n) is 30.8. The number of carbonyl (C=O) groups is 4. The zero-order valence-corrected chi connectivity index (χ0v) is 50.7. The van der Waals surface area contributed by atoms with E-state index in [9.17, 15) is 43.2 Å². The van der Waals surface area contributed by atoms with Crippen molar-refractivity contribution in [3.8, 4) is 0 Å². The van der Waals surface area contributed by atoms with Gasteiger partial charge in [-0.2, -0.15) is 0 Å². The van der Waals surface area contributed by atoms with Gasteiger partial charge < -0.3 is 33.8 Å². The molecule has 77 heavy (non-hydrogen) atoms. The largest absolute Gasteiger partial charge is 0.472 e. The van der Waals surface area contributed by atoms with E-state index in [1.165, 1.54) is 128 Å². The number of esters is 4. The molecule has 0 spiro atoms. The highest BCUT2D eigenvalue weighted by Crippen LogP contribution is 2.45. The lowest BCUT2D eigenvalue weighted by Crippen LogP contribution is -2.30. The third kappa shape index (κ3) is 53.2. The van der Waals surface area contributed by atoms with Crippen LogP contribution in [-0.4, -0.2) is 96.7 Å². The molecule has 3 N–H and O–H groups in total. The normalized spacial score (nSPS) is 14.3. The van der Waals surface area contributed by atoms with Gasteiger partial charge in [0, 0.05) is 25.7 Å². The second-order valence-corrected chi connectivity index (χ2v) is 23.9. The van der Waals surface area contributed by atoms with Gasteiger partial charge in [-0.1, -0.05) is 240 Å². The lowest BCUT2D eigenvalue weighted by atomic mass is 10.0. The average molecular weight is 1140 g/mol. The third-order valence-electron chi connectivity index (χ3n) is 13.4. The predicted molar refractivity (Wildman–Crippen MR) is 303 cm³/mol. The van der Waals surface area contributed by atoms with Gasteiger partial charge in [-0.05, 0) is 25.7 Å². The van der Waals surface area contributed by atoms with E-state index in [1.807, 2.05) is 6.92 Å². The number of ether oxygens (including phenoxy) is 4. The Hall–Kier alpha value is -1.94. The first kappa shape index (κ1) is 75.1. The molecule has 0 aliphatic carbocycles. The highest BCUT2D eigenvalue weighted by Gasteiger charge is 2.30. The Morgan fingerprint density at radius 2 is 0.519 bits per heavy atom. The van der Waals surface area contributed by atoms with E-state index in [0.29, 0.717) is 25.7 Å². The van der Waals surface area contributed by atoms with Crippen LogP contribution in [0.5, 0.6) is 0 Å². The molecule has 0 saturated carbocycles. The van der Waals surface area contributed by atoms with E-state index in [-0.39, 0.29) is 25.7 Å². The second-order valence-electron chi connectivity index (χ2n) is 21.0. The molecule has 5 atom stereocenters. The minimum atomic E-state index is -4.93. The lowest BCUT2D eigenvalue weighted by Gasteiger charge is -2.21. The number of phosphoric ester groups is 2. The Balaban J connectivity index is 5.11. The Morgan fingerprint density at radius 3 is 0.792 bits per heavy atom. The molecule has 0 saturated heterocycles. The molecule has 0 aromatic carbocycles. The van der Waals surface area contributed by atoms with Crippen molar-refractivity contribution < 1.29 is 80.2 Å². The molecular formula is C58H112O17P2. The molecule has 0 aliphatic heterocycles. The standard InChI is InChI=1S/C58H112O17P2/c1-5-9-13-16-19-22-25-27-30-33-36-40-44-57(62)74-53(48-68-55(60)42-38-12-8-4)50-72-76(64,65)70-46-52(59)47-71-77(66,67)73-51-54(49-69-56(61)43-39-35-32-29-24-21-18-15-11-7-3)75-58(63)45-41-37-34-31-28-26-23-20-17-14-10-6-2/h52-54,59H,5-51H2,1-4H3,(H,64,65)(H,66,67)/t52-,53+,54+/m0/s1. The van der Waals surface area contributed by atoms with Crippen molar-refractivity contribution in [2.24, 2.45) is 0 Å². The van der Waals surface area contributed by atoms with Crippen molar-refractivity contribution in [3.63, 3.8) is 0 Å². The van der Waals surface area contributed by atoms with Crippen LogP contribution in [0.3, 0.4) is 0 Å². The van der Waals surface area contributed by atoms with E-state index < -0.39 is 97.5 Å². The maximum absolute atomic E-state index is 12.9. The maximum atomic E-state index is 12.9. The summed E-state index contributed by atoms with van der Waals surface area (Å²) in [6.45, 7) is 4.67. The van der Waals surface area contributed by atoms with Gasteiger partial charge >= 0.3 is 39.5 Å². The van der Waals surface area contributed by atoms with E-state index in [2.05, 4.69) is 20.8 Å². The predicted octanol–water partition coefficient (Wildman–Crippen LogP) is 15.6. The van der Waals surface area contributed by atoms with E-state index in [4.69, 9.17) is 37.0 Å². The molecule has 0 heterocycles. The van der Waals surface area contributed by atoms with Crippen LogP contribution in [0.15, 0.2) is 0 Å². The Kier molecular flexibility index (Phi) is 52.0. The Bertz CT molecular complexity index is 1500. The molecule has 0 bridgehead atoms. The number of rotatable bonds is 59. The van der Waals surface area contributed by atoms with Gasteiger partial charge in [-0.3, -0.25) is 37.3 Å². The van der Waals surface area contributed by atoms with Gasteiger partial charge in [0.05, 0.1) is 26.4 Å². The summed E-state index contributed by atoms with van der Waals surface area (Å²) >= 11 is 0. The molecule has 0 fully saturated rings. The van der Waals surface area contributed by atoms with Gasteiger partial charge in [0.15, 0.2) is 12.2 Å². The van der Waals surface area contributed by atoms with Gasteiger partial charge in [0.1, 0.15) is 19.3 Å². The summed E-state index contributed by atoms with van der Waals surface area (Å²) in [5.41, 5.74) is 0. The van der Waals surface area contributed by atoms with Gasteiger partial charge in [0.25, 0.3) is 0 Å². The summed E-state index contributed by atoms with van der Waals surface area (Å²) in [7, 11) is -9.86. The second kappa shape index (κ2) is 53.4. The fraction of sp³-hybridized carbons (Fsp3) is 0.931. The molecule has 19 heteroatoms. The summed E-state index contributed by atoms with van der Waals surface area (Å²) in [5.74, 6) is -2.16. The lowest BCUT2D eigenvalue weighted by molar-refractivity contribution is -0.161. The third-order valence-corrected chi connectivity index (χ3v) is 15.3. The summed E-state index contributed by atoms with van der Waals surface area (Å²) in [5, 5.41) is 10.5. The molecule has 0 aromatic rings. The van der Waals surface area contributed by atoms with Crippen LogP contribution in [0.4, 0.5) is 0 Å². The van der Waals surface area contributed by atoms with Crippen LogP contribution in [0.25, 0.3) is 0 Å². The molecule has 0 rings (SSSR count). The van der Waals surface area contributed by atoms with Crippen molar-refractivity contribution in [2.75, 3.05) is 39.6 Å². The maximum Gasteiger partial charge on any atom is 0.472 e. The van der Waals surface area contributed by atoms with Crippen molar-refractivity contribution >= 4 is 39.5 Å². The first-order valence-corrected chi connectivity index (χ1v) is 33.8. The van der Waals surface area contributed by atoms with Crippen molar-refractivity contribution in [2.45, 2.75) is 309 Å². The molecule has 0 aliphatic rings. The van der Waals surface area contributed by atoms with Crippen LogP contribution in [0.2, 0.25) is 0 Å². The number of aliphatic hydroxyl groups is 1. The number of unbranched alkanes of at least 4 members (excludes halogenated alkanes) is 33. The van der Waals surface area contributed by atoms with Gasteiger partial charge in [-0.25, -0.2) is 9.13 Å². The zero-order chi connectivity index (χ0) is 56.9. The molecule has 2 unspecified atom stereocenters. The molecular weight excluding hydrogens is 1030 g/mol. The summed E-state index contributed by atoms with van der Waals surface area (Å²) in [6, 6.07) is 0. The molecule has 456 valence electrons. The number of aliphatic hydroxyl groups excluding tert-OH is 1. The number of carbonyl (C=O) groups excluding carboxylic acids is 4. The first-order chi connectivity index (χ1) is 37.2. The van der Waals surface area contributed by atoms with E-state index in [1.54, 1.807) is 0 Å². The average Bonchev–Trinajstić information content (AvgIpc) is 3.40. The molecule has 17 nitrogen and oxygen atoms in total. The molecule has 0 aromatic heterocycles. The summed E-state index contributed by atoms with van der Waals surface area (Å²) in [4.78, 5) is 71.4. The zero-order valence-electron chi connectivity index (χ0n) is 48.9. The molecule has 0 amide bonds. The summed E-state index contributed by atoms with van der Waals surface area (Å²) < 4.78 is 67.4. The smallest absolute Gasteiger partial charge is 0.462 e. The minimum absolute atomic E-state index is 0.106. The highest BCUT2D eigenvalue weighted by molar-refractivity contribution is 7.47. The van der Waals surface area contributed by atoms with Gasteiger partial charge in [0.2, 0.25) is 0 Å². The van der Waals surface area contributed by atoms with Crippen LogP contribution in [0.1, 0.15) is 291 Å². The fourth-order valence-corrected chi connectivity index (χ4v) is 10.2. The van der Waals surface area contributed by atoms with E-state index >= 15 is 0 Å². The number of hydrogen-bond donors (Lipinski definition) is 3. The number of hydrogen-bond acceptors (Lipinski definition) is 15. The van der Waals surface area contributed by atoms with Crippen molar-refractivity contribution in [1.29, 1.82) is 0 Å². The molecule has 0 radical (unpaired) electrons. The Morgan fingerprint density at radius 1 is 0.312 bits per heavy atom. The Labute approximate surface area is 467 Å². The van der Waals surface area contributed by atoms with E-state index in [0.717, 1.165) is 83.5 Å². The highest BCUT2D eigenvalue weighted by atomic mass is 31.2. The topological polar surface area (TPSA) is 237 Å². The van der Waals surface area contributed by atoms with Crippen molar-refractivity contribution in [1.82, 2.24) is 0 Å². The number of phosphoric acid groups is 2. The quantitative estimate of drug-likeness (QED) is 0.0222. The van der Waals surface area contributed by atoms with Crippen LogP contribution in [-0.2, 0) is 65.4 Å². The van der Waals surface area contributed by atoms with Gasteiger partial charge in [-0.15, -0.1) is 0 Å². The van der Waals surface area contributed by atoms with Crippen LogP contribution >= 0.6 is 15.6 Å². The van der Waals surface area contributed by atoms with Crippen LogP contribution in [0, 0.1) is 0 Å². The summed E-state index contributed by atoms with van der Waals surface area (Å²) in [6.07, 6.45) is 36.8. The monoisotopic (exact) mass is 1140 g/mol. The van der Waals surface area contributed by atoms with Crippen molar-refractivity contribution in [3.05, 3.63) is 0 Å². The van der Waals surface area contributed by atoms with Crippen LogP contribution < -0.4 is 0 Å².